The van der Waals surface area contributed by atoms with Crippen molar-refractivity contribution in [2.45, 2.75) is 43.7 Å². The van der Waals surface area contributed by atoms with E-state index in [1.165, 1.54) is 12.1 Å². The Hall–Kier alpha value is -1.77. The molecule has 124 valence electrons. The lowest BCUT2D eigenvalue weighted by atomic mass is 9.96. The minimum atomic E-state index is -3.89. The molecular formula is C15H18FN3O3S. The van der Waals surface area contributed by atoms with Gasteiger partial charge in [-0.2, -0.15) is 0 Å². The molecule has 1 aromatic heterocycles. The van der Waals surface area contributed by atoms with E-state index in [4.69, 9.17) is 9.66 Å². The van der Waals surface area contributed by atoms with Gasteiger partial charge >= 0.3 is 0 Å². The number of sulfonamides is 1. The number of primary sulfonamides is 1. The van der Waals surface area contributed by atoms with Crippen LogP contribution < -0.4 is 10.5 Å². The van der Waals surface area contributed by atoms with Crippen molar-refractivity contribution in [3.63, 3.8) is 0 Å². The van der Waals surface area contributed by atoms with Gasteiger partial charge in [0.15, 0.2) is 0 Å². The summed E-state index contributed by atoms with van der Waals surface area (Å²) in [6.45, 7) is 0.744. The highest BCUT2D eigenvalue weighted by Crippen LogP contribution is 2.24. The summed E-state index contributed by atoms with van der Waals surface area (Å²) in [5.41, 5.74) is 2.39. The molecule has 3 N–H and O–H groups in total. The van der Waals surface area contributed by atoms with Crippen LogP contribution in [0.1, 0.15) is 35.4 Å². The molecule has 0 fully saturated rings. The van der Waals surface area contributed by atoms with Gasteiger partial charge in [-0.05, 0) is 31.4 Å². The number of aryl methyl sites for hydroxylation is 1. The molecular weight excluding hydrogens is 321 g/mol. The summed E-state index contributed by atoms with van der Waals surface area (Å²) < 4.78 is 41.6. The van der Waals surface area contributed by atoms with Crippen molar-refractivity contribution in [2.75, 3.05) is 0 Å². The van der Waals surface area contributed by atoms with Crippen molar-refractivity contribution in [2.24, 2.45) is 5.14 Å². The molecule has 0 saturated heterocycles. The van der Waals surface area contributed by atoms with Gasteiger partial charge in [0, 0.05) is 30.6 Å². The number of nitrogens with two attached hydrogens (primary N) is 1. The molecule has 0 aliphatic heterocycles. The van der Waals surface area contributed by atoms with Gasteiger partial charge in [0.25, 0.3) is 0 Å². The Kier molecular flexibility index (Phi) is 4.47. The van der Waals surface area contributed by atoms with Gasteiger partial charge in [0.05, 0.1) is 4.90 Å². The lowest BCUT2D eigenvalue weighted by Gasteiger charge is -2.10. The van der Waals surface area contributed by atoms with Crippen molar-refractivity contribution in [3.05, 3.63) is 46.6 Å². The van der Waals surface area contributed by atoms with E-state index in [1.54, 1.807) is 0 Å². The zero-order valence-corrected chi connectivity index (χ0v) is 13.3. The zero-order valence-electron chi connectivity index (χ0n) is 12.5. The number of rotatable bonds is 5. The molecule has 8 heteroatoms. The van der Waals surface area contributed by atoms with Gasteiger partial charge in [0.1, 0.15) is 17.3 Å². The molecule has 2 aromatic rings. The van der Waals surface area contributed by atoms with E-state index in [9.17, 15) is 12.8 Å². The van der Waals surface area contributed by atoms with Gasteiger partial charge < -0.3 is 9.84 Å². The van der Waals surface area contributed by atoms with Crippen LogP contribution in [0.2, 0.25) is 0 Å². The number of fused-ring (bicyclic) bond motifs is 1. The summed E-state index contributed by atoms with van der Waals surface area (Å²) in [7, 11) is -3.89. The first-order valence-corrected chi connectivity index (χ1v) is 8.98. The lowest BCUT2D eigenvalue weighted by Crippen LogP contribution is -2.17. The number of aromatic nitrogens is 1. The van der Waals surface area contributed by atoms with Crippen LogP contribution in [-0.4, -0.2) is 13.6 Å². The van der Waals surface area contributed by atoms with Gasteiger partial charge in [-0.25, -0.2) is 17.9 Å². The van der Waals surface area contributed by atoms with Crippen LogP contribution in [0.4, 0.5) is 4.39 Å². The van der Waals surface area contributed by atoms with Gasteiger partial charge in [-0.3, -0.25) is 0 Å². The standard InChI is InChI=1S/C15H18FN3O3S/c16-13-7-11(23(17,20)21)6-5-10(13)8-18-9-14-12-3-1-2-4-15(12)22-19-14/h5-7,18H,1-4,8-9H2,(H2,17,20,21). The molecule has 0 atom stereocenters. The van der Waals surface area contributed by atoms with Crippen molar-refractivity contribution < 1.29 is 17.3 Å². The molecule has 0 bridgehead atoms. The summed E-state index contributed by atoms with van der Waals surface area (Å²) in [5.74, 6) is 0.350. The molecule has 0 saturated carbocycles. The number of nitrogens with zero attached hydrogens (tertiary/aromatic N) is 1. The molecule has 1 aliphatic rings. The minimum Gasteiger partial charge on any atom is -0.361 e. The Balaban J connectivity index is 1.64. The van der Waals surface area contributed by atoms with E-state index in [0.717, 1.165) is 48.8 Å². The van der Waals surface area contributed by atoms with Crippen LogP contribution >= 0.6 is 0 Å². The van der Waals surface area contributed by atoms with E-state index in [0.29, 0.717) is 12.1 Å². The summed E-state index contributed by atoms with van der Waals surface area (Å²) in [4.78, 5) is -0.232. The van der Waals surface area contributed by atoms with Crippen molar-refractivity contribution in [1.29, 1.82) is 0 Å². The van der Waals surface area contributed by atoms with Crippen LogP contribution in [-0.2, 0) is 36.0 Å². The van der Waals surface area contributed by atoms with Crippen molar-refractivity contribution >= 4 is 10.0 Å². The Bertz CT molecular complexity index is 817. The maximum atomic E-state index is 13.9. The van der Waals surface area contributed by atoms with Gasteiger partial charge in [0.2, 0.25) is 10.0 Å². The second-order valence-electron chi connectivity index (χ2n) is 5.64. The fourth-order valence-corrected chi connectivity index (χ4v) is 3.28. The van der Waals surface area contributed by atoms with Crippen LogP contribution in [0, 0.1) is 5.82 Å². The topological polar surface area (TPSA) is 98.2 Å². The van der Waals surface area contributed by atoms with E-state index in [1.807, 2.05) is 0 Å². The van der Waals surface area contributed by atoms with Crippen LogP contribution in [0.5, 0.6) is 0 Å². The van der Waals surface area contributed by atoms with E-state index in [2.05, 4.69) is 10.5 Å². The first kappa shape index (κ1) is 16.1. The maximum Gasteiger partial charge on any atom is 0.238 e. The Morgan fingerprint density at radius 3 is 2.78 bits per heavy atom. The van der Waals surface area contributed by atoms with Crippen LogP contribution in [0.3, 0.4) is 0 Å². The third-order valence-electron chi connectivity index (χ3n) is 3.99. The number of nitrogens with one attached hydrogen (secondary N) is 1. The molecule has 0 spiro atoms. The fraction of sp³-hybridized carbons (Fsp3) is 0.400. The van der Waals surface area contributed by atoms with E-state index < -0.39 is 15.8 Å². The van der Waals surface area contributed by atoms with Crippen molar-refractivity contribution in [1.82, 2.24) is 10.5 Å². The molecule has 1 aliphatic carbocycles. The quantitative estimate of drug-likeness (QED) is 0.863. The third-order valence-corrected chi connectivity index (χ3v) is 4.90. The Morgan fingerprint density at radius 1 is 1.26 bits per heavy atom. The Labute approximate surface area is 133 Å². The molecule has 3 rings (SSSR count). The third kappa shape index (κ3) is 3.60. The Morgan fingerprint density at radius 2 is 2.04 bits per heavy atom. The van der Waals surface area contributed by atoms with Crippen molar-refractivity contribution in [3.8, 4) is 0 Å². The fourth-order valence-electron chi connectivity index (χ4n) is 2.75. The van der Waals surface area contributed by atoms with Crippen LogP contribution in [0.15, 0.2) is 27.6 Å². The minimum absolute atomic E-state index is 0.232. The highest BCUT2D eigenvalue weighted by molar-refractivity contribution is 7.89. The van der Waals surface area contributed by atoms with E-state index >= 15 is 0 Å². The van der Waals surface area contributed by atoms with Gasteiger partial charge in [-0.15, -0.1) is 0 Å². The highest BCUT2D eigenvalue weighted by Gasteiger charge is 2.19. The number of benzene rings is 1. The van der Waals surface area contributed by atoms with Gasteiger partial charge in [-0.1, -0.05) is 11.2 Å². The second-order valence-corrected chi connectivity index (χ2v) is 7.20. The molecule has 0 unspecified atom stereocenters. The van der Waals surface area contributed by atoms with E-state index in [-0.39, 0.29) is 11.4 Å². The number of halogens is 1. The first-order chi connectivity index (χ1) is 10.9. The predicted octanol–water partition coefficient (Wildman–Crippen LogP) is 1.63. The SMILES string of the molecule is NS(=O)(=O)c1ccc(CNCc2noc3c2CCCC3)c(F)c1. The second kappa shape index (κ2) is 6.38. The lowest BCUT2D eigenvalue weighted by molar-refractivity contribution is 0.366. The molecule has 0 amide bonds. The molecule has 0 radical (unpaired) electrons. The summed E-state index contributed by atoms with van der Waals surface area (Å²) in [6.07, 6.45) is 4.14. The first-order valence-electron chi connectivity index (χ1n) is 7.43. The predicted molar refractivity (Wildman–Crippen MR) is 81.5 cm³/mol. The normalized spacial score (nSPS) is 14.7. The summed E-state index contributed by atoms with van der Waals surface area (Å²) in [5, 5.41) is 12.2. The van der Waals surface area contributed by atoms with Crippen LogP contribution in [0.25, 0.3) is 0 Å². The summed E-state index contributed by atoms with van der Waals surface area (Å²) in [6, 6.07) is 3.65. The number of hydrogen-bond donors (Lipinski definition) is 2. The smallest absolute Gasteiger partial charge is 0.238 e. The zero-order chi connectivity index (χ0) is 16.4. The molecule has 23 heavy (non-hydrogen) atoms. The molecule has 1 aromatic carbocycles. The average molecular weight is 339 g/mol. The maximum absolute atomic E-state index is 13.9. The average Bonchev–Trinajstić information content (AvgIpc) is 2.91. The molecule has 1 heterocycles. The summed E-state index contributed by atoms with van der Waals surface area (Å²) >= 11 is 0. The highest BCUT2D eigenvalue weighted by atomic mass is 32.2. The monoisotopic (exact) mass is 339 g/mol. The molecule has 6 nitrogen and oxygen atoms in total. The largest absolute Gasteiger partial charge is 0.361 e. The number of hydrogen-bond acceptors (Lipinski definition) is 5.